The number of allylic oxidation sites excluding steroid dienone is 4. The molecule has 0 aliphatic carbocycles. The number of hydrogen-bond donors (Lipinski definition) is 0. The second-order valence-electron chi connectivity index (χ2n) is 7.86. The van der Waals surface area contributed by atoms with Crippen LogP contribution in [0.1, 0.15) is 87.5 Å². The SMILES string of the molecule is CC(CC/C(C)=C/CC/C(C)=C/CC(C)(C)C)=NC(C)C. The van der Waals surface area contributed by atoms with E-state index in [4.69, 9.17) is 0 Å². The van der Waals surface area contributed by atoms with E-state index in [1.54, 1.807) is 0 Å². The maximum Gasteiger partial charge on any atom is 0.0442 e. The molecule has 1 heteroatoms. The van der Waals surface area contributed by atoms with Crippen LogP contribution in [0.4, 0.5) is 0 Å². The minimum atomic E-state index is 0.403. The second kappa shape index (κ2) is 9.97. The third-order valence-electron chi connectivity index (χ3n) is 3.45. The molecule has 0 aromatic carbocycles. The van der Waals surface area contributed by atoms with Crippen LogP contribution >= 0.6 is 0 Å². The Balaban J connectivity index is 4.08. The van der Waals surface area contributed by atoms with Crippen LogP contribution in [0.3, 0.4) is 0 Å². The van der Waals surface area contributed by atoms with Crippen molar-refractivity contribution < 1.29 is 0 Å². The Morgan fingerprint density at radius 2 is 1.48 bits per heavy atom. The molecule has 0 amide bonds. The van der Waals surface area contributed by atoms with Crippen LogP contribution in [-0.4, -0.2) is 11.8 Å². The van der Waals surface area contributed by atoms with Gasteiger partial charge in [-0.1, -0.05) is 44.1 Å². The highest BCUT2D eigenvalue weighted by Crippen LogP contribution is 2.21. The monoisotopic (exact) mass is 291 g/mol. The zero-order valence-electron chi connectivity index (χ0n) is 15.7. The molecule has 0 saturated heterocycles. The average Bonchev–Trinajstić information content (AvgIpc) is 2.32. The molecule has 0 saturated carbocycles. The van der Waals surface area contributed by atoms with Crippen molar-refractivity contribution in [1.82, 2.24) is 0 Å². The first kappa shape index (κ1) is 20.1. The number of rotatable bonds is 8. The Hall–Kier alpha value is -0.850. The van der Waals surface area contributed by atoms with Gasteiger partial charge in [-0.15, -0.1) is 0 Å². The lowest BCUT2D eigenvalue weighted by Gasteiger charge is -2.15. The summed E-state index contributed by atoms with van der Waals surface area (Å²) in [6.45, 7) is 17.8. The second-order valence-corrected chi connectivity index (χ2v) is 7.86. The average molecular weight is 292 g/mol. The number of hydrogen-bond acceptors (Lipinski definition) is 1. The lowest BCUT2D eigenvalue weighted by atomic mass is 9.91. The first-order chi connectivity index (χ1) is 9.60. The molecular weight excluding hydrogens is 254 g/mol. The van der Waals surface area contributed by atoms with Gasteiger partial charge in [0, 0.05) is 11.8 Å². The van der Waals surface area contributed by atoms with Crippen molar-refractivity contribution in [2.24, 2.45) is 10.4 Å². The maximum absolute atomic E-state index is 4.59. The number of nitrogens with zero attached hydrogens (tertiary/aromatic N) is 1. The highest BCUT2D eigenvalue weighted by atomic mass is 14.8. The molecule has 0 aliphatic rings. The summed E-state index contributed by atoms with van der Waals surface area (Å²) >= 11 is 0. The molecule has 0 aromatic rings. The van der Waals surface area contributed by atoms with E-state index in [0.29, 0.717) is 11.5 Å². The molecule has 21 heavy (non-hydrogen) atoms. The van der Waals surface area contributed by atoms with E-state index in [1.165, 1.54) is 36.1 Å². The molecule has 1 nitrogen and oxygen atoms in total. The van der Waals surface area contributed by atoms with Crippen LogP contribution < -0.4 is 0 Å². The highest BCUT2D eigenvalue weighted by Gasteiger charge is 2.07. The molecule has 0 radical (unpaired) electrons. The van der Waals surface area contributed by atoms with E-state index in [-0.39, 0.29) is 0 Å². The molecule has 0 bridgehead atoms. The minimum Gasteiger partial charge on any atom is -0.292 e. The fourth-order valence-electron chi connectivity index (χ4n) is 2.11. The van der Waals surface area contributed by atoms with Gasteiger partial charge >= 0.3 is 0 Å². The van der Waals surface area contributed by atoms with Gasteiger partial charge in [-0.25, -0.2) is 0 Å². The summed E-state index contributed by atoms with van der Waals surface area (Å²) in [5.41, 5.74) is 4.70. The third kappa shape index (κ3) is 13.9. The van der Waals surface area contributed by atoms with Gasteiger partial charge in [-0.05, 0) is 72.1 Å². The summed E-state index contributed by atoms with van der Waals surface area (Å²) < 4.78 is 0. The van der Waals surface area contributed by atoms with E-state index < -0.39 is 0 Å². The molecular formula is C20H37N. The van der Waals surface area contributed by atoms with Crippen molar-refractivity contribution in [2.75, 3.05) is 0 Å². The van der Waals surface area contributed by atoms with Crippen LogP contribution in [0.5, 0.6) is 0 Å². The summed E-state index contributed by atoms with van der Waals surface area (Å²) in [4.78, 5) is 4.59. The fourth-order valence-corrected chi connectivity index (χ4v) is 2.11. The molecule has 0 atom stereocenters. The van der Waals surface area contributed by atoms with Crippen molar-refractivity contribution in [2.45, 2.75) is 93.5 Å². The van der Waals surface area contributed by atoms with Gasteiger partial charge in [0.15, 0.2) is 0 Å². The lowest BCUT2D eigenvalue weighted by molar-refractivity contribution is 0.419. The van der Waals surface area contributed by atoms with Crippen molar-refractivity contribution in [3.8, 4) is 0 Å². The van der Waals surface area contributed by atoms with E-state index in [9.17, 15) is 0 Å². The van der Waals surface area contributed by atoms with E-state index in [1.807, 2.05) is 0 Å². The first-order valence-corrected chi connectivity index (χ1v) is 8.44. The Bertz CT molecular complexity index is 375. The van der Waals surface area contributed by atoms with Gasteiger partial charge in [-0.3, -0.25) is 4.99 Å². The summed E-state index contributed by atoms with van der Waals surface area (Å²) in [5.74, 6) is 0. The highest BCUT2D eigenvalue weighted by molar-refractivity contribution is 5.82. The Morgan fingerprint density at radius 1 is 0.905 bits per heavy atom. The fraction of sp³-hybridized carbons (Fsp3) is 0.750. The van der Waals surface area contributed by atoms with Crippen LogP contribution in [0.2, 0.25) is 0 Å². The Labute approximate surface area is 133 Å². The molecule has 122 valence electrons. The van der Waals surface area contributed by atoms with Crippen LogP contribution in [0, 0.1) is 5.41 Å². The van der Waals surface area contributed by atoms with Crippen molar-refractivity contribution in [3.05, 3.63) is 23.3 Å². The summed E-state index contributed by atoms with van der Waals surface area (Å²) in [5, 5.41) is 0. The van der Waals surface area contributed by atoms with Crippen LogP contribution in [-0.2, 0) is 0 Å². The van der Waals surface area contributed by atoms with E-state index >= 15 is 0 Å². The molecule has 0 aromatic heterocycles. The normalized spacial score (nSPS) is 15.0. The zero-order valence-corrected chi connectivity index (χ0v) is 15.7. The number of aliphatic imine (C=N–C) groups is 1. The predicted molar refractivity (Wildman–Crippen MR) is 98.3 cm³/mol. The molecule has 0 fully saturated rings. The molecule has 0 aliphatic heterocycles. The van der Waals surface area contributed by atoms with Crippen LogP contribution in [0.25, 0.3) is 0 Å². The smallest absolute Gasteiger partial charge is 0.0442 e. The van der Waals surface area contributed by atoms with Gasteiger partial charge in [-0.2, -0.15) is 0 Å². The molecule has 0 heterocycles. The van der Waals surface area contributed by atoms with Crippen molar-refractivity contribution in [3.63, 3.8) is 0 Å². The van der Waals surface area contributed by atoms with Gasteiger partial charge in [0.25, 0.3) is 0 Å². The summed E-state index contributed by atoms with van der Waals surface area (Å²) in [6, 6.07) is 0.421. The molecule has 0 unspecified atom stereocenters. The minimum absolute atomic E-state index is 0.403. The van der Waals surface area contributed by atoms with E-state index in [0.717, 1.165) is 12.8 Å². The first-order valence-electron chi connectivity index (χ1n) is 8.44. The van der Waals surface area contributed by atoms with Crippen molar-refractivity contribution in [1.29, 1.82) is 0 Å². The summed E-state index contributed by atoms with van der Waals surface area (Å²) in [7, 11) is 0. The molecule has 0 spiro atoms. The largest absolute Gasteiger partial charge is 0.292 e. The third-order valence-corrected chi connectivity index (χ3v) is 3.45. The lowest BCUT2D eigenvalue weighted by Crippen LogP contribution is -2.02. The molecule has 0 rings (SSSR count). The zero-order chi connectivity index (χ0) is 16.5. The Kier molecular flexibility index (Phi) is 9.57. The molecule has 0 N–H and O–H groups in total. The Morgan fingerprint density at radius 3 is 2.00 bits per heavy atom. The van der Waals surface area contributed by atoms with Crippen molar-refractivity contribution >= 4 is 5.71 Å². The van der Waals surface area contributed by atoms with Gasteiger partial charge in [0.1, 0.15) is 0 Å². The van der Waals surface area contributed by atoms with Gasteiger partial charge in [0.05, 0.1) is 0 Å². The maximum atomic E-state index is 4.59. The summed E-state index contributed by atoms with van der Waals surface area (Å²) in [6.07, 6.45) is 10.6. The van der Waals surface area contributed by atoms with E-state index in [2.05, 4.69) is 72.5 Å². The quantitative estimate of drug-likeness (QED) is 0.346. The topological polar surface area (TPSA) is 12.4 Å². The van der Waals surface area contributed by atoms with Gasteiger partial charge < -0.3 is 0 Å². The van der Waals surface area contributed by atoms with Crippen LogP contribution in [0.15, 0.2) is 28.3 Å². The van der Waals surface area contributed by atoms with Gasteiger partial charge in [0.2, 0.25) is 0 Å². The standard InChI is InChI=1S/C20H37N/c1-16(2)21-19(5)13-12-17(3)10-9-11-18(4)14-15-20(6,7)8/h10,14,16H,9,11-13,15H2,1-8H3/b17-10+,18-14+,21-19?. The predicted octanol–water partition coefficient (Wildman–Crippen LogP) is 6.74.